The Hall–Kier alpha value is -3.44. The average Bonchev–Trinajstić information content (AvgIpc) is 3.12. The van der Waals surface area contributed by atoms with Crippen LogP contribution in [0.2, 0.25) is 0 Å². The predicted octanol–water partition coefficient (Wildman–Crippen LogP) is 3.13. The summed E-state index contributed by atoms with van der Waals surface area (Å²) in [5.41, 5.74) is 0.0286. The van der Waals surface area contributed by atoms with Crippen molar-refractivity contribution in [3.8, 4) is 0 Å². The molecule has 3 aromatic heterocycles. The summed E-state index contributed by atoms with van der Waals surface area (Å²) in [4.78, 5) is 23.1. The highest BCUT2D eigenvalue weighted by Crippen LogP contribution is 2.24. The Bertz CT molecular complexity index is 1050. The van der Waals surface area contributed by atoms with E-state index in [0.717, 1.165) is 12.3 Å². The zero-order valence-corrected chi connectivity index (χ0v) is 17.1. The number of nitrogens with one attached hydrogen (secondary N) is 2. The predicted molar refractivity (Wildman–Crippen MR) is 109 cm³/mol. The minimum absolute atomic E-state index is 0.0286. The maximum atomic E-state index is 14.1. The van der Waals surface area contributed by atoms with Crippen LogP contribution >= 0.6 is 0 Å². The van der Waals surface area contributed by atoms with Gasteiger partial charge < -0.3 is 20.1 Å². The molecule has 12 heteroatoms. The zero-order chi connectivity index (χ0) is 22.0. The van der Waals surface area contributed by atoms with E-state index in [1.807, 2.05) is 11.9 Å². The van der Waals surface area contributed by atoms with E-state index in [0.29, 0.717) is 37.7 Å². The standard InChI is InChI=1S/C19H22F3N9/c1-11(16-14(22)7-13(21)8-23-16)25-17-27-18(26-15-9-30(2)10-24-15)29-19(28-17)31-5-3-12(20)4-6-31/h7-12H,3-6H2,1-2H3,(H2,25,26,27,28,29)/t11-/m0/s1. The monoisotopic (exact) mass is 433 g/mol. The van der Waals surface area contributed by atoms with Crippen molar-refractivity contribution in [2.75, 3.05) is 28.6 Å². The van der Waals surface area contributed by atoms with Gasteiger partial charge in [0.15, 0.2) is 5.82 Å². The highest BCUT2D eigenvalue weighted by Gasteiger charge is 2.23. The molecule has 0 bridgehead atoms. The lowest BCUT2D eigenvalue weighted by molar-refractivity contribution is 0.276. The fourth-order valence-corrected chi connectivity index (χ4v) is 3.27. The van der Waals surface area contributed by atoms with E-state index in [9.17, 15) is 13.2 Å². The summed E-state index contributed by atoms with van der Waals surface area (Å²) in [5, 5.41) is 6.00. The van der Waals surface area contributed by atoms with Gasteiger partial charge in [-0.15, -0.1) is 0 Å². The Morgan fingerprint density at radius 1 is 1.10 bits per heavy atom. The Morgan fingerprint density at radius 2 is 1.84 bits per heavy atom. The van der Waals surface area contributed by atoms with E-state index in [1.54, 1.807) is 24.0 Å². The molecule has 1 saturated heterocycles. The molecule has 2 N–H and O–H groups in total. The number of alkyl halides is 1. The maximum Gasteiger partial charge on any atom is 0.235 e. The van der Waals surface area contributed by atoms with Crippen LogP contribution in [0.3, 0.4) is 0 Å². The van der Waals surface area contributed by atoms with Gasteiger partial charge in [0.1, 0.15) is 17.8 Å². The number of aryl methyl sites for hydroxylation is 1. The van der Waals surface area contributed by atoms with Crippen LogP contribution in [0, 0.1) is 11.6 Å². The largest absolute Gasteiger partial charge is 0.346 e. The van der Waals surface area contributed by atoms with Gasteiger partial charge in [-0.05, 0) is 19.8 Å². The molecule has 0 unspecified atom stereocenters. The first-order chi connectivity index (χ1) is 14.9. The summed E-state index contributed by atoms with van der Waals surface area (Å²) in [5.74, 6) is -0.229. The number of nitrogens with zero attached hydrogens (tertiary/aromatic N) is 7. The summed E-state index contributed by atoms with van der Waals surface area (Å²) in [6.07, 6.45) is 4.27. The van der Waals surface area contributed by atoms with Crippen molar-refractivity contribution in [2.24, 2.45) is 7.05 Å². The first-order valence-corrected chi connectivity index (χ1v) is 9.85. The van der Waals surface area contributed by atoms with Crippen molar-refractivity contribution >= 4 is 23.7 Å². The molecule has 0 aromatic carbocycles. The summed E-state index contributed by atoms with van der Waals surface area (Å²) in [6.45, 7) is 2.60. The van der Waals surface area contributed by atoms with E-state index >= 15 is 0 Å². The molecule has 9 nitrogen and oxygen atoms in total. The van der Waals surface area contributed by atoms with Gasteiger partial charge in [0.05, 0.1) is 24.3 Å². The smallest absolute Gasteiger partial charge is 0.235 e. The summed E-state index contributed by atoms with van der Waals surface area (Å²) >= 11 is 0. The highest BCUT2D eigenvalue weighted by molar-refractivity contribution is 5.52. The van der Waals surface area contributed by atoms with Crippen molar-refractivity contribution in [1.82, 2.24) is 29.5 Å². The molecule has 164 valence electrons. The van der Waals surface area contributed by atoms with Gasteiger partial charge in [0.2, 0.25) is 17.8 Å². The second-order valence-corrected chi connectivity index (χ2v) is 7.38. The lowest BCUT2D eigenvalue weighted by Gasteiger charge is -2.29. The van der Waals surface area contributed by atoms with Crippen LogP contribution in [-0.2, 0) is 7.05 Å². The highest BCUT2D eigenvalue weighted by atomic mass is 19.1. The summed E-state index contributed by atoms with van der Waals surface area (Å²) < 4.78 is 42.6. The molecule has 1 aliphatic heterocycles. The number of aromatic nitrogens is 6. The third kappa shape index (κ3) is 5.01. The second-order valence-electron chi connectivity index (χ2n) is 7.38. The van der Waals surface area contributed by atoms with E-state index in [-0.39, 0.29) is 17.6 Å². The van der Waals surface area contributed by atoms with Crippen LogP contribution in [-0.4, -0.2) is 48.7 Å². The van der Waals surface area contributed by atoms with Crippen LogP contribution < -0.4 is 15.5 Å². The molecule has 0 saturated carbocycles. The summed E-state index contributed by atoms with van der Waals surface area (Å²) in [7, 11) is 1.83. The first-order valence-electron chi connectivity index (χ1n) is 9.85. The minimum Gasteiger partial charge on any atom is -0.346 e. The molecule has 1 fully saturated rings. The lowest BCUT2D eigenvalue weighted by Crippen LogP contribution is -2.35. The number of hydrogen-bond donors (Lipinski definition) is 2. The molecule has 31 heavy (non-hydrogen) atoms. The Balaban J connectivity index is 1.61. The topological polar surface area (TPSA) is 96.7 Å². The molecular weight excluding hydrogens is 411 g/mol. The van der Waals surface area contributed by atoms with Gasteiger partial charge in [-0.25, -0.2) is 18.2 Å². The average molecular weight is 433 g/mol. The van der Waals surface area contributed by atoms with Crippen LogP contribution in [0.4, 0.5) is 36.8 Å². The third-order valence-corrected chi connectivity index (χ3v) is 4.87. The van der Waals surface area contributed by atoms with Crippen LogP contribution in [0.5, 0.6) is 0 Å². The Labute approximate surface area is 176 Å². The van der Waals surface area contributed by atoms with Crippen molar-refractivity contribution in [1.29, 1.82) is 0 Å². The van der Waals surface area contributed by atoms with Gasteiger partial charge in [0.25, 0.3) is 0 Å². The van der Waals surface area contributed by atoms with Gasteiger partial charge in [-0.2, -0.15) is 15.0 Å². The van der Waals surface area contributed by atoms with Gasteiger partial charge >= 0.3 is 0 Å². The van der Waals surface area contributed by atoms with Crippen LogP contribution in [0.15, 0.2) is 24.8 Å². The second kappa shape index (κ2) is 8.74. The van der Waals surface area contributed by atoms with Crippen molar-refractivity contribution in [3.05, 3.63) is 42.1 Å². The molecule has 0 amide bonds. The molecular formula is C19H22F3N9. The molecule has 0 spiro atoms. The van der Waals surface area contributed by atoms with Crippen molar-refractivity contribution < 1.29 is 13.2 Å². The number of hydrogen-bond acceptors (Lipinski definition) is 8. The quantitative estimate of drug-likeness (QED) is 0.612. The lowest BCUT2D eigenvalue weighted by atomic mass is 10.1. The molecule has 4 heterocycles. The van der Waals surface area contributed by atoms with Gasteiger partial charge in [-0.3, -0.25) is 4.98 Å². The molecule has 1 atom stereocenters. The van der Waals surface area contributed by atoms with Crippen molar-refractivity contribution in [3.63, 3.8) is 0 Å². The SMILES string of the molecule is C[C@H](Nc1nc(Nc2cn(C)cn2)nc(N2CCC(F)CC2)n1)c1ncc(F)cc1F. The van der Waals surface area contributed by atoms with Crippen molar-refractivity contribution in [2.45, 2.75) is 32.0 Å². The molecule has 0 aliphatic carbocycles. The number of piperidine rings is 1. The van der Waals surface area contributed by atoms with E-state index in [4.69, 9.17) is 0 Å². The van der Waals surface area contributed by atoms with E-state index in [2.05, 4.69) is 35.6 Å². The Kier molecular flexibility index (Phi) is 5.87. The van der Waals surface area contributed by atoms with Gasteiger partial charge in [0, 0.05) is 32.4 Å². The fraction of sp³-hybridized carbons (Fsp3) is 0.421. The Morgan fingerprint density at radius 3 is 2.52 bits per heavy atom. The molecule has 1 aliphatic rings. The molecule has 3 aromatic rings. The number of halogens is 3. The maximum absolute atomic E-state index is 14.1. The number of anilines is 4. The number of pyridine rings is 1. The minimum atomic E-state index is -0.839. The van der Waals surface area contributed by atoms with Crippen LogP contribution in [0.1, 0.15) is 31.5 Å². The van der Waals surface area contributed by atoms with E-state index in [1.165, 1.54) is 0 Å². The zero-order valence-electron chi connectivity index (χ0n) is 17.1. The first kappa shape index (κ1) is 20.8. The number of imidazole rings is 1. The van der Waals surface area contributed by atoms with Gasteiger partial charge in [-0.1, -0.05) is 0 Å². The molecule has 4 rings (SSSR count). The normalized spacial score (nSPS) is 15.7. The van der Waals surface area contributed by atoms with E-state index < -0.39 is 23.8 Å². The van der Waals surface area contributed by atoms with Crippen LogP contribution in [0.25, 0.3) is 0 Å². The number of rotatable bonds is 6. The fourth-order valence-electron chi connectivity index (χ4n) is 3.27. The third-order valence-electron chi connectivity index (χ3n) is 4.87. The summed E-state index contributed by atoms with van der Waals surface area (Å²) in [6, 6.07) is 0.129. The molecule has 0 radical (unpaired) electrons.